The lowest BCUT2D eigenvalue weighted by molar-refractivity contribution is -0.165. The Morgan fingerprint density at radius 2 is 1.92 bits per heavy atom. The minimum atomic E-state index is -0.293. The number of fused-ring (bicyclic) bond motifs is 5. The van der Waals surface area contributed by atoms with Gasteiger partial charge in [0, 0.05) is 17.8 Å². The number of allylic oxidation sites excluding steroid dienone is 1. The molecule has 0 bridgehead atoms. The van der Waals surface area contributed by atoms with Gasteiger partial charge in [-0.2, -0.15) is 0 Å². The summed E-state index contributed by atoms with van der Waals surface area (Å²) in [6.45, 7) is 6.25. The Morgan fingerprint density at radius 1 is 1.12 bits per heavy atom. The van der Waals surface area contributed by atoms with Crippen molar-refractivity contribution in [3.8, 4) is 0 Å². The molecule has 3 heteroatoms. The minimum Gasteiger partial charge on any atom is -0.462 e. The maximum atomic E-state index is 11.5. The molecule has 0 radical (unpaired) electrons. The molecule has 0 aliphatic heterocycles. The molecule has 24 heavy (non-hydrogen) atoms. The van der Waals surface area contributed by atoms with E-state index in [2.05, 4.69) is 19.9 Å². The van der Waals surface area contributed by atoms with Crippen molar-refractivity contribution < 1.29 is 14.6 Å². The number of rotatable bonds is 1. The number of carbonyl (C=O) groups is 1. The first-order valence-corrected chi connectivity index (χ1v) is 9.89. The van der Waals surface area contributed by atoms with Crippen LogP contribution in [-0.4, -0.2) is 23.3 Å². The number of ether oxygens (including phenoxy) is 1. The van der Waals surface area contributed by atoms with Gasteiger partial charge in [-0.05, 0) is 68.6 Å². The lowest BCUT2D eigenvalue weighted by Gasteiger charge is -2.60. The second-order valence-electron chi connectivity index (χ2n) is 9.35. The van der Waals surface area contributed by atoms with E-state index >= 15 is 0 Å². The molecule has 4 rings (SSSR count). The van der Waals surface area contributed by atoms with E-state index < -0.39 is 0 Å². The summed E-state index contributed by atoms with van der Waals surface area (Å²) in [6, 6.07) is 0. The number of hydrogen-bond acceptors (Lipinski definition) is 3. The van der Waals surface area contributed by atoms with E-state index in [0.717, 1.165) is 19.3 Å². The number of aliphatic hydroxyl groups is 1. The summed E-state index contributed by atoms with van der Waals surface area (Å²) in [6.07, 6.45) is 12.2. The van der Waals surface area contributed by atoms with Gasteiger partial charge < -0.3 is 9.84 Å². The van der Waals surface area contributed by atoms with E-state index in [9.17, 15) is 9.90 Å². The van der Waals surface area contributed by atoms with Crippen LogP contribution in [0.5, 0.6) is 0 Å². The first-order valence-electron chi connectivity index (χ1n) is 9.89. The van der Waals surface area contributed by atoms with Crippen LogP contribution < -0.4 is 0 Å². The summed E-state index contributed by atoms with van der Waals surface area (Å²) in [4.78, 5) is 11.5. The van der Waals surface area contributed by atoms with Crippen LogP contribution in [0.25, 0.3) is 0 Å². The standard InChI is InChI=1S/C21H32O3/c1-13(22)24-19-10-9-16-15-8-7-14-5-4-6-18(23)21(14,3)17(15)11-12-20(16,19)2/h4,6,14-19,23H,5,7-12H2,1-3H3/t14-,15+,16+,17+,18+,19-,20+,21+/m1/s1. The van der Waals surface area contributed by atoms with Crippen LogP contribution in [0.4, 0.5) is 0 Å². The lowest BCUT2D eigenvalue weighted by Crippen LogP contribution is -2.57. The highest BCUT2D eigenvalue weighted by Gasteiger charge is 2.61. The first kappa shape index (κ1) is 16.6. The van der Waals surface area contributed by atoms with Gasteiger partial charge in [-0.15, -0.1) is 0 Å². The molecule has 3 nitrogen and oxygen atoms in total. The zero-order chi connectivity index (χ0) is 17.1. The Hall–Kier alpha value is -0.830. The predicted octanol–water partition coefficient (Wildman–Crippen LogP) is 4.10. The minimum absolute atomic E-state index is 0.0402. The molecular weight excluding hydrogens is 300 g/mol. The van der Waals surface area contributed by atoms with Gasteiger partial charge in [0.15, 0.2) is 0 Å². The smallest absolute Gasteiger partial charge is 0.302 e. The fourth-order valence-electron chi connectivity index (χ4n) is 7.23. The third-order valence-corrected chi connectivity index (χ3v) is 8.56. The van der Waals surface area contributed by atoms with Crippen LogP contribution in [0.2, 0.25) is 0 Å². The molecule has 4 aliphatic rings. The van der Waals surface area contributed by atoms with Gasteiger partial charge >= 0.3 is 5.97 Å². The van der Waals surface area contributed by atoms with Gasteiger partial charge in [0.25, 0.3) is 0 Å². The van der Waals surface area contributed by atoms with Crippen LogP contribution in [0, 0.1) is 34.5 Å². The number of hydrogen-bond donors (Lipinski definition) is 1. The van der Waals surface area contributed by atoms with Crippen molar-refractivity contribution in [2.45, 2.75) is 77.9 Å². The molecule has 0 spiro atoms. The Bertz CT molecular complexity index is 555. The molecule has 134 valence electrons. The van der Waals surface area contributed by atoms with Crippen molar-refractivity contribution in [3.63, 3.8) is 0 Å². The van der Waals surface area contributed by atoms with Gasteiger partial charge in [-0.3, -0.25) is 4.79 Å². The average Bonchev–Trinajstić information content (AvgIpc) is 2.85. The lowest BCUT2D eigenvalue weighted by atomic mass is 9.45. The Morgan fingerprint density at radius 3 is 2.67 bits per heavy atom. The summed E-state index contributed by atoms with van der Waals surface area (Å²) in [5.41, 5.74) is 0.185. The predicted molar refractivity (Wildman–Crippen MR) is 93.2 cm³/mol. The maximum absolute atomic E-state index is 11.5. The first-order chi connectivity index (χ1) is 11.4. The van der Waals surface area contributed by atoms with Crippen LogP contribution in [0.3, 0.4) is 0 Å². The van der Waals surface area contributed by atoms with E-state index in [1.165, 1.54) is 25.7 Å². The largest absolute Gasteiger partial charge is 0.462 e. The van der Waals surface area contributed by atoms with Gasteiger partial charge in [0.2, 0.25) is 0 Å². The Balaban J connectivity index is 1.63. The van der Waals surface area contributed by atoms with Gasteiger partial charge in [0.05, 0.1) is 6.10 Å². The third-order valence-electron chi connectivity index (χ3n) is 8.56. The van der Waals surface area contributed by atoms with Crippen molar-refractivity contribution in [1.82, 2.24) is 0 Å². The van der Waals surface area contributed by atoms with Gasteiger partial charge in [-0.1, -0.05) is 26.0 Å². The van der Waals surface area contributed by atoms with Crippen molar-refractivity contribution in [2.75, 3.05) is 0 Å². The molecule has 0 aromatic heterocycles. The van der Waals surface area contributed by atoms with E-state index in [-0.39, 0.29) is 29.0 Å². The molecular formula is C21H32O3. The van der Waals surface area contributed by atoms with E-state index in [4.69, 9.17) is 4.74 Å². The molecule has 3 fully saturated rings. The zero-order valence-corrected chi connectivity index (χ0v) is 15.3. The van der Waals surface area contributed by atoms with E-state index in [0.29, 0.717) is 23.7 Å². The molecule has 0 aromatic rings. The normalized spacial score (nSPS) is 53.0. The van der Waals surface area contributed by atoms with Crippen LogP contribution in [0.1, 0.15) is 65.7 Å². The van der Waals surface area contributed by atoms with E-state index in [1.54, 1.807) is 6.92 Å². The van der Waals surface area contributed by atoms with Crippen LogP contribution >= 0.6 is 0 Å². The topological polar surface area (TPSA) is 46.5 Å². The monoisotopic (exact) mass is 332 g/mol. The Kier molecular flexibility index (Phi) is 3.87. The molecule has 3 saturated carbocycles. The van der Waals surface area contributed by atoms with Gasteiger partial charge in [-0.25, -0.2) is 0 Å². The Labute approximate surface area is 145 Å². The van der Waals surface area contributed by atoms with Crippen molar-refractivity contribution in [2.24, 2.45) is 34.5 Å². The number of esters is 1. The fourth-order valence-corrected chi connectivity index (χ4v) is 7.23. The average molecular weight is 332 g/mol. The van der Waals surface area contributed by atoms with Crippen molar-refractivity contribution in [1.29, 1.82) is 0 Å². The molecule has 8 atom stereocenters. The SMILES string of the molecule is CC(=O)O[C@@H]1CC[C@H]2[C@@H]3CC[C@H]4CC=C[C@H](O)[C@]4(C)[C@H]3CC[C@]12C. The molecule has 0 amide bonds. The summed E-state index contributed by atoms with van der Waals surface area (Å²) in [5, 5.41) is 10.8. The fraction of sp³-hybridized carbons (Fsp3) is 0.857. The quantitative estimate of drug-likeness (QED) is 0.581. The molecule has 0 saturated heterocycles. The second kappa shape index (κ2) is 5.59. The maximum Gasteiger partial charge on any atom is 0.302 e. The molecule has 1 N–H and O–H groups in total. The van der Waals surface area contributed by atoms with Crippen molar-refractivity contribution in [3.05, 3.63) is 12.2 Å². The summed E-state index contributed by atoms with van der Waals surface area (Å²) < 4.78 is 5.72. The zero-order valence-electron chi connectivity index (χ0n) is 15.3. The van der Waals surface area contributed by atoms with E-state index in [1.807, 2.05) is 6.08 Å². The van der Waals surface area contributed by atoms with Crippen LogP contribution in [-0.2, 0) is 9.53 Å². The van der Waals surface area contributed by atoms with Gasteiger partial charge in [0.1, 0.15) is 6.10 Å². The number of carbonyl (C=O) groups excluding carboxylic acids is 1. The highest BCUT2D eigenvalue weighted by Crippen LogP contribution is 2.66. The number of aliphatic hydroxyl groups excluding tert-OH is 1. The van der Waals surface area contributed by atoms with Crippen molar-refractivity contribution >= 4 is 5.97 Å². The second-order valence-corrected chi connectivity index (χ2v) is 9.35. The molecule has 0 heterocycles. The highest BCUT2D eigenvalue weighted by atomic mass is 16.5. The molecule has 4 aliphatic carbocycles. The summed E-state index contributed by atoms with van der Waals surface area (Å²) in [5.74, 6) is 2.45. The summed E-state index contributed by atoms with van der Waals surface area (Å²) >= 11 is 0. The molecule has 0 unspecified atom stereocenters. The molecule has 0 aromatic carbocycles. The highest BCUT2D eigenvalue weighted by molar-refractivity contribution is 5.66. The third kappa shape index (κ3) is 2.16. The van der Waals surface area contributed by atoms with Crippen LogP contribution in [0.15, 0.2) is 12.2 Å². The summed E-state index contributed by atoms with van der Waals surface area (Å²) in [7, 11) is 0.